The minimum atomic E-state index is -0.502. The minimum absolute atomic E-state index is 0.0161. The Kier molecular flexibility index (Phi) is 5.35. The number of rotatable bonds is 5. The van der Waals surface area contributed by atoms with Crippen molar-refractivity contribution in [1.82, 2.24) is 4.90 Å². The average Bonchev–Trinajstić information content (AvgIpc) is 2.49. The van der Waals surface area contributed by atoms with E-state index in [1.165, 1.54) is 6.07 Å². The predicted molar refractivity (Wildman–Crippen MR) is 78.6 cm³/mol. The monoisotopic (exact) mass is 313 g/mol. The highest BCUT2D eigenvalue weighted by Gasteiger charge is 2.17. The number of nitro groups is 1. The summed E-state index contributed by atoms with van der Waals surface area (Å²) in [5.41, 5.74) is 0.264. The molecule has 0 spiro atoms. The Bertz CT molecular complexity index is 532. The van der Waals surface area contributed by atoms with E-state index in [4.69, 9.17) is 16.3 Å². The maximum atomic E-state index is 11.9. The summed E-state index contributed by atoms with van der Waals surface area (Å²) in [6, 6.07) is 4.40. The van der Waals surface area contributed by atoms with Crippen molar-refractivity contribution in [3.63, 3.8) is 0 Å². The van der Waals surface area contributed by atoms with Gasteiger partial charge in [0.1, 0.15) is 5.69 Å². The van der Waals surface area contributed by atoms with Gasteiger partial charge in [0.05, 0.1) is 18.1 Å². The van der Waals surface area contributed by atoms with Crippen LogP contribution in [-0.2, 0) is 9.53 Å². The van der Waals surface area contributed by atoms with Gasteiger partial charge in [0.25, 0.3) is 5.69 Å². The van der Waals surface area contributed by atoms with Crippen LogP contribution in [0.5, 0.6) is 0 Å². The van der Waals surface area contributed by atoms with E-state index >= 15 is 0 Å². The number of hydrogen-bond acceptors (Lipinski definition) is 5. The Morgan fingerprint density at radius 1 is 1.43 bits per heavy atom. The Morgan fingerprint density at radius 2 is 2.14 bits per heavy atom. The fourth-order valence-corrected chi connectivity index (χ4v) is 2.25. The summed E-state index contributed by atoms with van der Waals surface area (Å²) in [5, 5.41) is 14.2. The number of carbonyl (C=O) groups excluding carboxylic acids is 1. The topological polar surface area (TPSA) is 84.7 Å². The van der Waals surface area contributed by atoms with E-state index in [9.17, 15) is 14.9 Å². The van der Waals surface area contributed by atoms with Gasteiger partial charge in [-0.3, -0.25) is 14.9 Å². The van der Waals surface area contributed by atoms with Crippen LogP contribution in [0.3, 0.4) is 0 Å². The number of amides is 1. The fraction of sp³-hybridized carbons (Fsp3) is 0.462. The first-order valence-electron chi connectivity index (χ1n) is 6.61. The van der Waals surface area contributed by atoms with Gasteiger partial charge in [-0.1, -0.05) is 11.6 Å². The van der Waals surface area contributed by atoms with Crippen molar-refractivity contribution in [2.24, 2.45) is 0 Å². The first-order chi connectivity index (χ1) is 10.1. The van der Waals surface area contributed by atoms with E-state index in [1.54, 1.807) is 17.0 Å². The Hall–Kier alpha value is -1.86. The van der Waals surface area contributed by atoms with Crippen molar-refractivity contribution in [3.8, 4) is 0 Å². The summed E-state index contributed by atoms with van der Waals surface area (Å²) < 4.78 is 5.18. The lowest BCUT2D eigenvalue weighted by Crippen LogP contribution is -2.41. The van der Waals surface area contributed by atoms with Gasteiger partial charge >= 0.3 is 0 Å². The van der Waals surface area contributed by atoms with E-state index in [0.29, 0.717) is 43.6 Å². The molecule has 21 heavy (non-hydrogen) atoms. The number of ether oxygens (including phenoxy) is 1. The zero-order chi connectivity index (χ0) is 15.2. The normalized spacial score (nSPS) is 14.8. The van der Waals surface area contributed by atoms with Gasteiger partial charge in [-0.25, -0.2) is 0 Å². The molecule has 0 radical (unpaired) electrons. The third-order valence-electron chi connectivity index (χ3n) is 3.17. The van der Waals surface area contributed by atoms with Crippen molar-refractivity contribution in [3.05, 3.63) is 33.3 Å². The average molecular weight is 314 g/mol. The number of carbonyl (C=O) groups is 1. The van der Waals surface area contributed by atoms with Gasteiger partial charge in [0.2, 0.25) is 5.91 Å². The summed E-state index contributed by atoms with van der Waals surface area (Å²) in [5.74, 6) is 0.0161. The van der Waals surface area contributed by atoms with Gasteiger partial charge in [-0.15, -0.1) is 0 Å². The van der Waals surface area contributed by atoms with Gasteiger partial charge < -0.3 is 15.0 Å². The van der Waals surface area contributed by atoms with E-state index in [0.717, 1.165) is 0 Å². The maximum absolute atomic E-state index is 11.9. The smallest absolute Gasteiger partial charge is 0.293 e. The molecule has 1 aliphatic rings. The van der Waals surface area contributed by atoms with Gasteiger partial charge in [-0.2, -0.15) is 0 Å². The van der Waals surface area contributed by atoms with Crippen LogP contribution in [0.25, 0.3) is 0 Å². The molecule has 0 aromatic heterocycles. The van der Waals surface area contributed by atoms with Crippen molar-refractivity contribution in [2.45, 2.75) is 6.42 Å². The number of halogens is 1. The number of morpholine rings is 1. The molecule has 7 nitrogen and oxygen atoms in total. The summed E-state index contributed by atoms with van der Waals surface area (Å²) in [6.45, 7) is 2.64. The lowest BCUT2D eigenvalue weighted by atomic mass is 10.2. The van der Waals surface area contributed by atoms with Crippen LogP contribution in [0, 0.1) is 10.1 Å². The van der Waals surface area contributed by atoms with E-state index in [2.05, 4.69) is 5.32 Å². The predicted octanol–water partition coefficient (Wildman–Crippen LogP) is 1.91. The molecular formula is C13H16ClN3O4. The van der Waals surface area contributed by atoms with Crippen LogP contribution in [0.1, 0.15) is 6.42 Å². The molecule has 0 unspecified atom stereocenters. The molecule has 0 aliphatic carbocycles. The zero-order valence-corrected chi connectivity index (χ0v) is 12.1. The molecule has 0 saturated carbocycles. The number of nitro benzene ring substituents is 1. The van der Waals surface area contributed by atoms with Gasteiger partial charge in [0.15, 0.2) is 0 Å². The second kappa shape index (κ2) is 7.24. The molecule has 1 aliphatic heterocycles. The summed E-state index contributed by atoms with van der Waals surface area (Å²) in [6.07, 6.45) is 0.278. The third kappa shape index (κ3) is 4.30. The van der Waals surface area contributed by atoms with Crippen LogP contribution < -0.4 is 5.32 Å². The summed E-state index contributed by atoms with van der Waals surface area (Å²) >= 11 is 5.74. The highest BCUT2D eigenvalue weighted by molar-refractivity contribution is 6.30. The lowest BCUT2D eigenvalue weighted by molar-refractivity contribution is -0.383. The molecular weight excluding hydrogens is 298 g/mol. The van der Waals surface area contributed by atoms with Crippen LogP contribution in [0.2, 0.25) is 5.02 Å². The Labute approximate surface area is 127 Å². The molecule has 1 saturated heterocycles. The molecule has 1 N–H and O–H groups in total. The minimum Gasteiger partial charge on any atom is -0.379 e. The third-order valence-corrected chi connectivity index (χ3v) is 3.41. The largest absolute Gasteiger partial charge is 0.379 e. The van der Waals surface area contributed by atoms with Crippen LogP contribution in [0.15, 0.2) is 18.2 Å². The van der Waals surface area contributed by atoms with Crippen LogP contribution >= 0.6 is 11.6 Å². The second-order valence-electron chi connectivity index (χ2n) is 4.59. The quantitative estimate of drug-likeness (QED) is 0.663. The second-order valence-corrected chi connectivity index (χ2v) is 5.02. The van der Waals surface area contributed by atoms with Crippen LogP contribution in [0.4, 0.5) is 11.4 Å². The zero-order valence-electron chi connectivity index (χ0n) is 11.4. The number of nitrogens with one attached hydrogen (secondary N) is 1. The van der Waals surface area contributed by atoms with E-state index in [-0.39, 0.29) is 18.0 Å². The van der Waals surface area contributed by atoms with E-state index in [1.807, 2.05) is 0 Å². The van der Waals surface area contributed by atoms with Crippen molar-refractivity contribution < 1.29 is 14.5 Å². The van der Waals surface area contributed by atoms with Gasteiger partial charge in [0, 0.05) is 37.1 Å². The number of anilines is 1. The molecule has 1 amide bonds. The van der Waals surface area contributed by atoms with Crippen molar-refractivity contribution in [1.29, 1.82) is 0 Å². The number of hydrogen-bond donors (Lipinski definition) is 1. The molecule has 0 atom stereocenters. The highest BCUT2D eigenvalue weighted by atomic mass is 35.5. The molecule has 8 heteroatoms. The first kappa shape index (κ1) is 15.5. The molecule has 1 fully saturated rings. The molecule has 1 aromatic rings. The van der Waals surface area contributed by atoms with Crippen LogP contribution in [-0.4, -0.2) is 48.6 Å². The first-order valence-corrected chi connectivity index (χ1v) is 6.99. The Morgan fingerprint density at radius 3 is 2.81 bits per heavy atom. The van der Waals surface area contributed by atoms with Gasteiger partial charge in [-0.05, 0) is 12.1 Å². The molecule has 0 bridgehead atoms. The summed E-state index contributed by atoms with van der Waals surface area (Å²) in [7, 11) is 0. The Balaban J connectivity index is 1.88. The lowest BCUT2D eigenvalue weighted by Gasteiger charge is -2.26. The molecule has 1 heterocycles. The van der Waals surface area contributed by atoms with Crippen molar-refractivity contribution >= 4 is 28.9 Å². The standard InChI is InChI=1S/C13H16ClN3O4/c14-10-1-2-11(12(9-10)17(19)20)15-4-3-13(18)16-5-7-21-8-6-16/h1-2,9,15H,3-8H2. The number of nitrogens with zero attached hydrogens (tertiary/aromatic N) is 2. The van der Waals surface area contributed by atoms with E-state index < -0.39 is 4.92 Å². The van der Waals surface area contributed by atoms with Crippen molar-refractivity contribution in [2.75, 3.05) is 38.2 Å². The molecule has 1 aromatic carbocycles. The maximum Gasteiger partial charge on any atom is 0.293 e. The SMILES string of the molecule is O=C(CCNc1ccc(Cl)cc1[N+](=O)[O-])N1CCOCC1. The molecule has 2 rings (SSSR count). The number of benzene rings is 1. The highest BCUT2D eigenvalue weighted by Crippen LogP contribution is 2.27. The summed E-state index contributed by atoms with van der Waals surface area (Å²) in [4.78, 5) is 24.1. The molecule has 114 valence electrons. The fourth-order valence-electron chi connectivity index (χ4n) is 2.08.